The van der Waals surface area contributed by atoms with Gasteiger partial charge in [-0.1, -0.05) is 11.6 Å². The first-order valence-corrected chi connectivity index (χ1v) is 9.56. The highest BCUT2D eigenvalue weighted by molar-refractivity contribution is 7.92. The highest BCUT2D eigenvalue weighted by atomic mass is 35.5. The molecule has 25 heavy (non-hydrogen) atoms. The minimum Gasteiger partial charge on any atom is -0.349 e. The highest BCUT2D eigenvalue weighted by Gasteiger charge is 2.19. The van der Waals surface area contributed by atoms with Gasteiger partial charge in [0.05, 0.1) is 17.1 Å². The molecule has 0 amide bonds. The van der Waals surface area contributed by atoms with Crippen molar-refractivity contribution in [2.24, 2.45) is 0 Å². The number of halogens is 5. The van der Waals surface area contributed by atoms with E-state index >= 15 is 0 Å². The van der Waals surface area contributed by atoms with E-state index in [2.05, 4.69) is 10.0 Å². The van der Waals surface area contributed by atoms with E-state index in [-0.39, 0.29) is 34.5 Å². The van der Waals surface area contributed by atoms with Crippen LogP contribution in [0.15, 0.2) is 30.3 Å². The summed E-state index contributed by atoms with van der Waals surface area (Å²) in [6, 6.07) is 5.33. The van der Waals surface area contributed by atoms with Crippen molar-refractivity contribution in [1.82, 2.24) is 0 Å². The predicted molar refractivity (Wildman–Crippen MR) is 93.8 cm³/mol. The van der Waals surface area contributed by atoms with Gasteiger partial charge in [-0.3, -0.25) is 4.72 Å². The molecule has 0 aromatic heterocycles. The van der Waals surface area contributed by atoms with Gasteiger partial charge in [0, 0.05) is 10.9 Å². The Hall–Kier alpha value is -1.64. The zero-order chi connectivity index (χ0) is 18.6. The van der Waals surface area contributed by atoms with E-state index in [1.54, 1.807) is 0 Å². The van der Waals surface area contributed by atoms with Gasteiger partial charge in [-0.15, -0.1) is 11.6 Å². The normalized spacial score (nSPS) is 11.4. The molecule has 0 spiro atoms. The van der Waals surface area contributed by atoms with Gasteiger partial charge in [0.25, 0.3) is 0 Å². The van der Waals surface area contributed by atoms with Gasteiger partial charge in [-0.05, 0) is 36.8 Å². The molecule has 136 valence electrons. The molecule has 2 aromatic rings. The third-order valence-electron chi connectivity index (χ3n) is 3.10. The number of nitrogens with one attached hydrogen (secondary N) is 2. The molecule has 0 bridgehead atoms. The van der Waals surface area contributed by atoms with Crippen molar-refractivity contribution in [1.29, 1.82) is 0 Å². The summed E-state index contributed by atoms with van der Waals surface area (Å²) in [6.07, 6.45) is 0.176. The molecule has 0 atom stereocenters. The lowest BCUT2D eigenvalue weighted by atomic mass is 10.2. The second-order valence-corrected chi connectivity index (χ2v) is 7.65. The molecule has 0 saturated heterocycles. The van der Waals surface area contributed by atoms with Crippen LogP contribution < -0.4 is 10.0 Å². The predicted octanol–water partition coefficient (Wildman–Crippen LogP) is 4.87. The van der Waals surface area contributed by atoms with Crippen LogP contribution in [-0.2, 0) is 10.0 Å². The fraction of sp³-hybridized carbons (Fsp3) is 0.200. The first-order chi connectivity index (χ1) is 11.7. The Kier molecular flexibility index (Phi) is 6.42. The van der Waals surface area contributed by atoms with E-state index in [1.807, 2.05) is 0 Å². The van der Waals surface area contributed by atoms with Gasteiger partial charge in [-0.25, -0.2) is 21.6 Å². The van der Waals surface area contributed by atoms with Crippen LogP contribution in [0.25, 0.3) is 0 Å². The van der Waals surface area contributed by atoms with Crippen molar-refractivity contribution in [3.63, 3.8) is 0 Å². The number of benzene rings is 2. The fourth-order valence-corrected chi connectivity index (χ4v) is 3.53. The summed E-state index contributed by atoms with van der Waals surface area (Å²) >= 11 is 11.1. The molecule has 2 rings (SSSR count). The van der Waals surface area contributed by atoms with Crippen molar-refractivity contribution in [3.05, 3.63) is 52.8 Å². The molecule has 0 heterocycles. The van der Waals surface area contributed by atoms with E-state index in [0.717, 1.165) is 18.2 Å². The maximum Gasteiger partial charge on any atom is 0.232 e. The Morgan fingerprint density at radius 3 is 2.32 bits per heavy atom. The molecular formula is C15H13Cl2F3N2O2S. The van der Waals surface area contributed by atoms with E-state index < -0.39 is 33.2 Å². The number of alkyl halides is 1. The monoisotopic (exact) mass is 412 g/mol. The molecular weight excluding hydrogens is 400 g/mol. The summed E-state index contributed by atoms with van der Waals surface area (Å²) in [4.78, 5) is 0. The molecule has 0 radical (unpaired) electrons. The molecule has 0 aliphatic carbocycles. The Labute approximate surface area is 153 Å². The van der Waals surface area contributed by atoms with Crippen LogP contribution >= 0.6 is 23.2 Å². The quantitative estimate of drug-likeness (QED) is 0.637. The molecule has 2 aromatic carbocycles. The van der Waals surface area contributed by atoms with Crippen molar-refractivity contribution < 1.29 is 21.6 Å². The molecule has 10 heteroatoms. The highest BCUT2D eigenvalue weighted by Crippen LogP contribution is 2.32. The van der Waals surface area contributed by atoms with Gasteiger partial charge >= 0.3 is 0 Å². The van der Waals surface area contributed by atoms with Crippen molar-refractivity contribution in [2.75, 3.05) is 21.7 Å². The molecule has 0 fully saturated rings. The summed E-state index contributed by atoms with van der Waals surface area (Å²) in [7, 11) is -3.84. The Morgan fingerprint density at radius 1 is 1.00 bits per heavy atom. The largest absolute Gasteiger partial charge is 0.349 e. The number of anilines is 3. The van der Waals surface area contributed by atoms with Gasteiger partial charge in [0.2, 0.25) is 10.0 Å². The minimum atomic E-state index is -3.84. The zero-order valence-electron chi connectivity index (χ0n) is 12.6. The molecule has 0 saturated carbocycles. The third-order valence-corrected chi connectivity index (χ3v) is 4.96. The van der Waals surface area contributed by atoms with Gasteiger partial charge in [0.1, 0.15) is 11.5 Å². The molecule has 2 N–H and O–H groups in total. The Bertz CT molecular complexity index is 879. The van der Waals surface area contributed by atoms with Crippen LogP contribution in [0.4, 0.5) is 30.2 Å². The standard InChI is InChI=1S/C15H13Cl2F3N2O2S/c16-6-1-7-25(23,24)22-13-5-3-10(18)14(20)15(13)21-12-4-2-9(17)8-11(12)19/h2-5,8,21-22H,1,6-7H2. The number of hydrogen-bond donors (Lipinski definition) is 2. The second-order valence-electron chi connectivity index (χ2n) is 5.00. The van der Waals surface area contributed by atoms with Crippen molar-refractivity contribution in [3.8, 4) is 0 Å². The Balaban J connectivity index is 2.40. The van der Waals surface area contributed by atoms with Gasteiger partial charge in [0.15, 0.2) is 11.6 Å². The van der Waals surface area contributed by atoms with Crippen molar-refractivity contribution in [2.45, 2.75) is 6.42 Å². The molecule has 0 unspecified atom stereocenters. The summed E-state index contributed by atoms with van der Waals surface area (Å²) in [5, 5.41) is 2.47. The maximum atomic E-state index is 14.1. The number of sulfonamides is 1. The third kappa shape index (κ3) is 5.17. The van der Waals surface area contributed by atoms with E-state index in [1.165, 1.54) is 12.1 Å². The lowest BCUT2D eigenvalue weighted by Crippen LogP contribution is -2.18. The van der Waals surface area contributed by atoms with Crippen LogP contribution in [0.3, 0.4) is 0 Å². The van der Waals surface area contributed by atoms with E-state index in [4.69, 9.17) is 23.2 Å². The fourth-order valence-electron chi connectivity index (χ4n) is 1.95. The van der Waals surface area contributed by atoms with E-state index in [9.17, 15) is 21.6 Å². The number of rotatable bonds is 7. The van der Waals surface area contributed by atoms with Gasteiger partial charge < -0.3 is 5.32 Å². The van der Waals surface area contributed by atoms with Crippen LogP contribution in [0.1, 0.15) is 6.42 Å². The second kappa shape index (κ2) is 8.16. The first kappa shape index (κ1) is 19.7. The SMILES string of the molecule is O=S(=O)(CCCCl)Nc1ccc(F)c(F)c1Nc1ccc(Cl)cc1F. The molecule has 4 nitrogen and oxygen atoms in total. The topological polar surface area (TPSA) is 58.2 Å². The average Bonchev–Trinajstić information content (AvgIpc) is 2.54. The summed E-state index contributed by atoms with van der Waals surface area (Å²) < 4.78 is 67.6. The smallest absolute Gasteiger partial charge is 0.232 e. The van der Waals surface area contributed by atoms with Crippen molar-refractivity contribution >= 4 is 50.3 Å². The minimum absolute atomic E-state index is 0.116. The van der Waals surface area contributed by atoms with Crippen LogP contribution in [0.2, 0.25) is 5.02 Å². The lowest BCUT2D eigenvalue weighted by Gasteiger charge is -2.16. The summed E-state index contributed by atoms with van der Waals surface area (Å²) in [5.74, 6) is -3.57. The first-order valence-electron chi connectivity index (χ1n) is 7.00. The summed E-state index contributed by atoms with van der Waals surface area (Å²) in [6.45, 7) is 0. The number of hydrogen-bond acceptors (Lipinski definition) is 3. The van der Waals surface area contributed by atoms with Crippen LogP contribution in [0.5, 0.6) is 0 Å². The molecule has 0 aliphatic rings. The van der Waals surface area contributed by atoms with Crippen LogP contribution in [0, 0.1) is 17.5 Å². The lowest BCUT2D eigenvalue weighted by molar-refractivity contribution is 0.512. The maximum absolute atomic E-state index is 14.1. The van der Waals surface area contributed by atoms with Crippen LogP contribution in [-0.4, -0.2) is 20.1 Å². The zero-order valence-corrected chi connectivity index (χ0v) is 15.0. The molecule has 0 aliphatic heterocycles. The van der Waals surface area contributed by atoms with Gasteiger partial charge in [-0.2, -0.15) is 0 Å². The van der Waals surface area contributed by atoms with E-state index in [0.29, 0.717) is 0 Å². The average molecular weight is 413 g/mol. The Morgan fingerprint density at radius 2 is 1.68 bits per heavy atom. The summed E-state index contributed by atoms with van der Waals surface area (Å²) in [5.41, 5.74) is -1.01.